The minimum atomic E-state index is -0.583. The Labute approximate surface area is 136 Å². The molecule has 23 heavy (non-hydrogen) atoms. The molecule has 0 aliphatic rings. The fraction of sp³-hybridized carbons (Fsp3) is 0.529. The van der Waals surface area contributed by atoms with E-state index in [1.807, 2.05) is 0 Å². The number of amides is 1. The Morgan fingerprint density at radius 2 is 1.83 bits per heavy atom. The van der Waals surface area contributed by atoms with E-state index in [-0.39, 0.29) is 12.6 Å². The molecule has 1 aromatic carbocycles. The molecule has 6 nitrogen and oxygen atoms in total. The molecule has 0 saturated heterocycles. The Kier molecular flexibility index (Phi) is 7.03. The summed E-state index contributed by atoms with van der Waals surface area (Å²) < 4.78 is 9.92. The molecular formula is C17H25NO5. The number of ether oxygens (including phenoxy) is 2. The molecule has 128 valence electrons. The molecule has 0 saturated carbocycles. The average molecular weight is 323 g/mol. The van der Waals surface area contributed by atoms with Gasteiger partial charge in [0, 0.05) is 6.61 Å². The van der Waals surface area contributed by atoms with Gasteiger partial charge in [0.1, 0.15) is 5.60 Å². The quantitative estimate of drug-likeness (QED) is 0.786. The number of methoxy groups -OCH3 is 1. The first kappa shape index (κ1) is 19.0. The molecule has 0 aliphatic carbocycles. The SMILES string of the molecule is COC(=O)c1ccc([C@H](CCCO)NC(=O)OC(C)(C)C)cc1. The van der Waals surface area contributed by atoms with E-state index in [4.69, 9.17) is 9.84 Å². The van der Waals surface area contributed by atoms with Crippen molar-refractivity contribution in [2.45, 2.75) is 45.3 Å². The largest absolute Gasteiger partial charge is 0.465 e. The number of carbonyl (C=O) groups is 2. The topological polar surface area (TPSA) is 84.9 Å². The smallest absolute Gasteiger partial charge is 0.408 e. The summed E-state index contributed by atoms with van der Waals surface area (Å²) in [5, 5.41) is 11.8. The van der Waals surface area contributed by atoms with Crippen LogP contribution in [0.15, 0.2) is 24.3 Å². The molecule has 1 amide bonds. The molecule has 0 aromatic heterocycles. The lowest BCUT2D eigenvalue weighted by Gasteiger charge is -2.24. The van der Waals surface area contributed by atoms with Gasteiger partial charge in [-0.2, -0.15) is 0 Å². The highest BCUT2D eigenvalue weighted by Crippen LogP contribution is 2.20. The molecule has 0 fully saturated rings. The summed E-state index contributed by atoms with van der Waals surface area (Å²) in [6.45, 7) is 5.41. The molecule has 1 aromatic rings. The van der Waals surface area contributed by atoms with Crippen LogP contribution in [0.4, 0.5) is 4.79 Å². The van der Waals surface area contributed by atoms with Gasteiger partial charge in [0.15, 0.2) is 0 Å². The van der Waals surface area contributed by atoms with Gasteiger partial charge >= 0.3 is 12.1 Å². The second-order valence-corrected chi connectivity index (χ2v) is 6.18. The van der Waals surface area contributed by atoms with Crippen LogP contribution in [0, 0.1) is 0 Å². The van der Waals surface area contributed by atoms with Crippen molar-refractivity contribution in [1.29, 1.82) is 0 Å². The zero-order valence-corrected chi connectivity index (χ0v) is 14.1. The predicted molar refractivity (Wildman–Crippen MR) is 86.2 cm³/mol. The predicted octanol–water partition coefficient (Wildman–Crippen LogP) is 2.81. The number of nitrogens with one attached hydrogen (secondary N) is 1. The molecule has 2 N–H and O–H groups in total. The molecular weight excluding hydrogens is 298 g/mol. The van der Waals surface area contributed by atoms with Crippen LogP contribution in [0.25, 0.3) is 0 Å². The molecule has 0 aliphatic heterocycles. The molecule has 0 bridgehead atoms. The number of esters is 1. The fourth-order valence-corrected chi connectivity index (χ4v) is 2.04. The number of rotatable bonds is 6. The summed E-state index contributed by atoms with van der Waals surface area (Å²) in [6.07, 6.45) is 0.587. The zero-order valence-electron chi connectivity index (χ0n) is 14.1. The highest BCUT2D eigenvalue weighted by molar-refractivity contribution is 5.89. The molecule has 1 rings (SSSR count). The highest BCUT2D eigenvalue weighted by atomic mass is 16.6. The normalized spacial score (nSPS) is 12.4. The first-order chi connectivity index (χ1) is 10.8. The maximum absolute atomic E-state index is 12.0. The monoisotopic (exact) mass is 323 g/mol. The van der Waals surface area contributed by atoms with Crippen molar-refractivity contribution in [1.82, 2.24) is 5.32 Å². The standard InChI is InChI=1S/C17H25NO5/c1-17(2,3)23-16(21)18-14(6-5-11-19)12-7-9-13(10-8-12)15(20)22-4/h7-10,14,19H,5-6,11H2,1-4H3,(H,18,21)/t14-/m0/s1. The molecule has 6 heteroatoms. The van der Waals surface area contributed by atoms with Crippen LogP contribution in [0.2, 0.25) is 0 Å². The summed E-state index contributed by atoms with van der Waals surface area (Å²) in [5.41, 5.74) is 0.687. The summed E-state index contributed by atoms with van der Waals surface area (Å²) in [7, 11) is 1.32. The zero-order chi connectivity index (χ0) is 17.5. The summed E-state index contributed by atoms with van der Waals surface area (Å²) in [4.78, 5) is 23.4. The number of hydrogen-bond donors (Lipinski definition) is 2. The van der Waals surface area contributed by atoms with Crippen LogP contribution >= 0.6 is 0 Å². The number of benzene rings is 1. The third-order valence-corrected chi connectivity index (χ3v) is 3.08. The van der Waals surface area contributed by atoms with Gasteiger partial charge in [-0.05, 0) is 51.3 Å². The van der Waals surface area contributed by atoms with E-state index in [1.165, 1.54) is 7.11 Å². The summed E-state index contributed by atoms with van der Waals surface area (Å²) in [6, 6.07) is 6.49. The summed E-state index contributed by atoms with van der Waals surface area (Å²) >= 11 is 0. The first-order valence-electron chi connectivity index (χ1n) is 7.55. The molecule has 0 heterocycles. The van der Waals surface area contributed by atoms with E-state index in [1.54, 1.807) is 45.0 Å². The average Bonchev–Trinajstić information content (AvgIpc) is 2.49. The lowest BCUT2D eigenvalue weighted by Crippen LogP contribution is -2.35. The molecule has 0 spiro atoms. The minimum Gasteiger partial charge on any atom is -0.465 e. The van der Waals surface area contributed by atoms with Crippen molar-refractivity contribution in [3.63, 3.8) is 0 Å². The maximum Gasteiger partial charge on any atom is 0.408 e. The van der Waals surface area contributed by atoms with Gasteiger partial charge in [-0.15, -0.1) is 0 Å². The van der Waals surface area contributed by atoms with Gasteiger partial charge < -0.3 is 19.9 Å². The van der Waals surface area contributed by atoms with Crippen LogP contribution in [0.5, 0.6) is 0 Å². The Bertz CT molecular complexity index is 519. The lowest BCUT2D eigenvalue weighted by molar-refractivity contribution is 0.0497. The fourth-order valence-electron chi connectivity index (χ4n) is 2.04. The van der Waals surface area contributed by atoms with Crippen molar-refractivity contribution < 1.29 is 24.2 Å². The van der Waals surface area contributed by atoms with Crippen LogP contribution in [0.1, 0.15) is 55.6 Å². The number of aliphatic hydroxyl groups is 1. The van der Waals surface area contributed by atoms with Crippen LogP contribution in [-0.4, -0.2) is 36.5 Å². The molecule has 1 atom stereocenters. The Balaban J connectivity index is 2.84. The van der Waals surface area contributed by atoms with Gasteiger partial charge in [-0.1, -0.05) is 12.1 Å². The van der Waals surface area contributed by atoms with Crippen molar-refractivity contribution in [3.8, 4) is 0 Å². The Morgan fingerprint density at radius 3 is 2.30 bits per heavy atom. The van der Waals surface area contributed by atoms with Crippen molar-refractivity contribution in [2.75, 3.05) is 13.7 Å². The van der Waals surface area contributed by atoms with Crippen molar-refractivity contribution >= 4 is 12.1 Å². The van der Waals surface area contributed by atoms with Crippen molar-refractivity contribution in [3.05, 3.63) is 35.4 Å². The number of hydrogen-bond acceptors (Lipinski definition) is 5. The van der Waals surface area contributed by atoms with Crippen LogP contribution in [0.3, 0.4) is 0 Å². The minimum absolute atomic E-state index is 0.0345. The van der Waals surface area contributed by atoms with Gasteiger partial charge in [0.05, 0.1) is 18.7 Å². The Morgan fingerprint density at radius 1 is 1.22 bits per heavy atom. The van der Waals surface area contributed by atoms with Gasteiger partial charge in [0.2, 0.25) is 0 Å². The van der Waals surface area contributed by atoms with Gasteiger partial charge in [0.25, 0.3) is 0 Å². The first-order valence-corrected chi connectivity index (χ1v) is 7.55. The van der Waals surface area contributed by atoms with E-state index >= 15 is 0 Å². The van der Waals surface area contributed by atoms with E-state index in [2.05, 4.69) is 10.1 Å². The van der Waals surface area contributed by atoms with E-state index < -0.39 is 17.7 Å². The highest BCUT2D eigenvalue weighted by Gasteiger charge is 2.20. The second-order valence-electron chi connectivity index (χ2n) is 6.18. The van der Waals surface area contributed by atoms with Crippen molar-refractivity contribution in [2.24, 2.45) is 0 Å². The third-order valence-electron chi connectivity index (χ3n) is 3.08. The van der Waals surface area contributed by atoms with Crippen LogP contribution < -0.4 is 5.32 Å². The lowest BCUT2D eigenvalue weighted by atomic mass is 10.0. The maximum atomic E-state index is 12.0. The van der Waals surface area contributed by atoms with E-state index in [0.717, 1.165) is 5.56 Å². The summed E-state index contributed by atoms with van der Waals surface area (Å²) in [5.74, 6) is -0.413. The number of aliphatic hydroxyl groups excluding tert-OH is 1. The van der Waals surface area contributed by atoms with Gasteiger partial charge in [-0.25, -0.2) is 9.59 Å². The molecule has 0 unspecified atom stereocenters. The van der Waals surface area contributed by atoms with Gasteiger partial charge in [-0.3, -0.25) is 0 Å². The number of alkyl carbamates (subject to hydrolysis) is 1. The molecule has 0 radical (unpaired) electrons. The third kappa shape index (κ3) is 6.69. The second kappa shape index (κ2) is 8.53. The van der Waals surface area contributed by atoms with E-state index in [9.17, 15) is 9.59 Å². The van der Waals surface area contributed by atoms with E-state index in [0.29, 0.717) is 18.4 Å². The Hall–Kier alpha value is -2.08. The van der Waals surface area contributed by atoms with Crippen LogP contribution in [-0.2, 0) is 9.47 Å². The number of carbonyl (C=O) groups excluding carboxylic acids is 2.